The number of sulfonamides is 1. The van der Waals surface area contributed by atoms with Crippen molar-refractivity contribution in [1.29, 1.82) is 0 Å². The van der Waals surface area contributed by atoms with Gasteiger partial charge in [-0.05, 0) is 82.5 Å². The summed E-state index contributed by atoms with van der Waals surface area (Å²) >= 11 is 0. The molecule has 1 N–H and O–H groups in total. The number of carbonyl (C=O) groups is 2. The first-order valence-electron chi connectivity index (χ1n) is 12.7. The molecule has 3 aromatic carbocycles. The fourth-order valence-electron chi connectivity index (χ4n) is 4.26. The number of hydrogen-bond donors (Lipinski definition) is 1. The van der Waals surface area contributed by atoms with Gasteiger partial charge in [0.1, 0.15) is 12.6 Å². The van der Waals surface area contributed by atoms with Gasteiger partial charge < -0.3 is 10.2 Å². The quantitative estimate of drug-likeness (QED) is 0.409. The molecule has 0 fully saturated rings. The van der Waals surface area contributed by atoms with Gasteiger partial charge in [0.05, 0.1) is 10.6 Å². The van der Waals surface area contributed by atoms with E-state index >= 15 is 0 Å². The minimum Gasteiger partial charge on any atom is -0.355 e. The molecule has 202 valence electrons. The number of aryl methyl sites for hydroxylation is 4. The number of nitrogens with zero attached hydrogens (tertiary/aromatic N) is 2. The molecule has 8 heteroatoms. The third-order valence-electron chi connectivity index (χ3n) is 6.37. The largest absolute Gasteiger partial charge is 0.355 e. The lowest BCUT2D eigenvalue weighted by molar-refractivity contribution is -0.139. The average Bonchev–Trinajstić information content (AvgIpc) is 2.86. The van der Waals surface area contributed by atoms with Crippen molar-refractivity contribution in [2.24, 2.45) is 0 Å². The second-order valence-corrected chi connectivity index (χ2v) is 11.6. The highest BCUT2D eigenvalue weighted by atomic mass is 32.2. The minimum atomic E-state index is -4.08. The predicted octanol–water partition coefficient (Wildman–Crippen LogP) is 4.67. The molecule has 0 aromatic heterocycles. The fraction of sp³-hybridized carbons (Fsp3) is 0.333. The standard InChI is InChI=1S/C30H37N3O4S/c1-7-31-30(35)25(6)32(19-26-12-8-21(2)9-13-26)29(34)20-33(27-17-23(4)16-24(5)18-27)38(36,37)28-14-10-22(3)11-15-28/h8-18,25H,7,19-20H2,1-6H3,(H,31,35). The zero-order chi connectivity index (χ0) is 28.0. The molecule has 0 heterocycles. The van der Waals surface area contributed by atoms with Crippen LogP contribution in [0.25, 0.3) is 0 Å². The van der Waals surface area contributed by atoms with Crippen molar-refractivity contribution in [2.75, 3.05) is 17.4 Å². The summed E-state index contributed by atoms with van der Waals surface area (Å²) in [7, 11) is -4.08. The molecule has 3 aromatic rings. The minimum absolute atomic E-state index is 0.0944. The highest BCUT2D eigenvalue weighted by Gasteiger charge is 2.32. The number of carbonyl (C=O) groups excluding carboxylic acids is 2. The van der Waals surface area contributed by atoms with Gasteiger partial charge in [-0.25, -0.2) is 8.42 Å². The Bertz CT molecular complexity index is 1360. The first-order valence-corrected chi connectivity index (χ1v) is 14.2. The maximum Gasteiger partial charge on any atom is 0.264 e. The maximum absolute atomic E-state index is 13.9. The first-order chi connectivity index (χ1) is 17.9. The number of anilines is 1. The Morgan fingerprint density at radius 1 is 0.816 bits per heavy atom. The van der Waals surface area contributed by atoms with Gasteiger partial charge in [-0.2, -0.15) is 0 Å². The average molecular weight is 536 g/mol. The van der Waals surface area contributed by atoms with Crippen molar-refractivity contribution in [1.82, 2.24) is 10.2 Å². The van der Waals surface area contributed by atoms with Gasteiger partial charge in [0.2, 0.25) is 11.8 Å². The van der Waals surface area contributed by atoms with Crippen LogP contribution in [0.4, 0.5) is 5.69 Å². The molecule has 0 aliphatic carbocycles. The Morgan fingerprint density at radius 3 is 1.87 bits per heavy atom. The summed E-state index contributed by atoms with van der Waals surface area (Å²) in [6.07, 6.45) is 0. The van der Waals surface area contributed by atoms with Crippen LogP contribution in [0.2, 0.25) is 0 Å². The van der Waals surface area contributed by atoms with E-state index in [1.807, 2.05) is 65.0 Å². The van der Waals surface area contributed by atoms with Gasteiger partial charge in [-0.15, -0.1) is 0 Å². The molecular formula is C30H37N3O4S. The van der Waals surface area contributed by atoms with Gasteiger partial charge in [0.25, 0.3) is 10.0 Å². The molecule has 1 atom stereocenters. The van der Waals surface area contributed by atoms with Crippen LogP contribution in [0.1, 0.15) is 41.7 Å². The zero-order valence-corrected chi connectivity index (χ0v) is 23.8. The fourth-order valence-corrected chi connectivity index (χ4v) is 5.65. The molecule has 0 aliphatic rings. The van der Waals surface area contributed by atoms with Crippen LogP contribution in [-0.4, -0.2) is 44.3 Å². The SMILES string of the molecule is CCNC(=O)C(C)N(Cc1ccc(C)cc1)C(=O)CN(c1cc(C)cc(C)c1)S(=O)(=O)c1ccc(C)cc1. The Hall–Kier alpha value is -3.65. The van der Waals surface area contributed by atoms with Crippen LogP contribution in [0.5, 0.6) is 0 Å². The van der Waals surface area contributed by atoms with Crippen LogP contribution in [-0.2, 0) is 26.2 Å². The van der Waals surface area contributed by atoms with Crippen molar-refractivity contribution in [3.05, 3.63) is 94.5 Å². The van der Waals surface area contributed by atoms with E-state index in [0.29, 0.717) is 12.2 Å². The highest BCUT2D eigenvalue weighted by molar-refractivity contribution is 7.92. The van der Waals surface area contributed by atoms with Gasteiger partial charge in [0.15, 0.2) is 0 Å². The summed E-state index contributed by atoms with van der Waals surface area (Å²) in [6, 6.07) is 18.9. The van der Waals surface area contributed by atoms with Crippen molar-refractivity contribution >= 4 is 27.5 Å². The Morgan fingerprint density at radius 2 is 1.34 bits per heavy atom. The Kier molecular flexibility index (Phi) is 9.33. The van der Waals surface area contributed by atoms with E-state index in [4.69, 9.17) is 0 Å². The predicted molar refractivity (Wildman–Crippen MR) is 152 cm³/mol. The van der Waals surface area contributed by atoms with Crippen LogP contribution in [0.3, 0.4) is 0 Å². The summed E-state index contributed by atoms with van der Waals surface area (Å²) < 4.78 is 29.0. The second kappa shape index (κ2) is 12.3. The number of benzene rings is 3. The molecular weight excluding hydrogens is 498 g/mol. The van der Waals surface area contributed by atoms with E-state index in [-0.39, 0.29) is 17.3 Å². The van der Waals surface area contributed by atoms with E-state index in [1.54, 1.807) is 43.3 Å². The molecule has 0 radical (unpaired) electrons. The molecule has 0 saturated heterocycles. The number of nitrogens with one attached hydrogen (secondary N) is 1. The third-order valence-corrected chi connectivity index (χ3v) is 8.16. The van der Waals surface area contributed by atoms with Crippen LogP contribution >= 0.6 is 0 Å². The van der Waals surface area contributed by atoms with Crippen molar-refractivity contribution in [3.8, 4) is 0 Å². The summed E-state index contributed by atoms with van der Waals surface area (Å²) in [5.74, 6) is -0.772. The second-order valence-electron chi connectivity index (χ2n) is 9.75. The molecule has 3 rings (SSSR count). The Balaban J connectivity index is 2.06. The van der Waals surface area contributed by atoms with Gasteiger partial charge in [-0.1, -0.05) is 53.6 Å². The smallest absolute Gasteiger partial charge is 0.264 e. The van der Waals surface area contributed by atoms with Crippen LogP contribution in [0.15, 0.2) is 71.6 Å². The number of rotatable bonds is 10. The molecule has 0 spiro atoms. The lowest BCUT2D eigenvalue weighted by Crippen LogP contribution is -2.51. The van der Waals surface area contributed by atoms with Crippen molar-refractivity contribution in [3.63, 3.8) is 0 Å². The lowest BCUT2D eigenvalue weighted by atomic mass is 10.1. The van der Waals surface area contributed by atoms with Crippen LogP contribution < -0.4 is 9.62 Å². The molecule has 7 nitrogen and oxygen atoms in total. The molecule has 1 unspecified atom stereocenters. The number of hydrogen-bond acceptors (Lipinski definition) is 4. The first kappa shape index (κ1) is 28.9. The number of likely N-dealkylation sites (N-methyl/N-ethyl adjacent to an activating group) is 1. The highest BCUT2D eigenvalue weighted by Crippen LogP contribution is 2.27. The van der Waals surface area contributed by atoms with E-state index in [1.165, 1.54) is 4.90 Å². The number of amides is 2. The molecule has 0 bridgehead atoms. The van der Waals surface area contributed by atoms with Crippen molar-refractivity contribution < 1.29 is 18.0 Å². The normalized spacial score (nSPS) is 12.1. The van der Waals surface area contributed by atoms with Crippen LogP contribution in [0, 0.1) is 27.7 Å². The molecule has 2 amide bonds. The monoisotopic (exact) mass is 535 g/mol. The summed E-state index contributed by atoms with van der Waals surface area (Å²) in [5, 5.41) is 2.77. The summed E-state index contributed by atoms with van der Waals surface area (Å²) in [4.78, 5) is 28.2. The molecule has 0 saturated carbocycles. The summed E-state index contributed by atoms with van der Waals surface area (Å²) in [5.41, 5.74) is 5.01. The zero-order valence-electron chi connectivity index (χ0n) is 23.0. The van der Waals surface area contributed by atoms with E-state index in [2.05, 4.69) is 5.32 Å². The van der Waals surface area contributed by atoms with Gasteiger partial charge in [-0.3, -0.25) is 13.9 Å². The van der Waals surface area contributed by atoms with E-state index in [0.717, 1.165) is 32.1 Å². The molecule has 0 aliphatic heterocycles. The van der Waals surface area contributed by atoms with Gasteiger partial charge in [0, 0.05) is 13.1 Å². The van der Waals surface area contributed by atoms with Crippen molar-refractivity contribution in [2.45, 2.75) is 59.0 Å². The summed E-state index contributed by atoms with van der Waals surface area (Å²) in [6.45, 7) is 11.2. The lowest BCUT2D eigenvalue weighted by Gasteiger charge is -2.32. The van der Waals surface area contributed by atoms with E-state index < -0.39 is 28.5 Å². The molecule has 38 heavy (non-hydrogen) atoms. The third kappa shape index (κ3) is 7.01. The maximum atomic E-state index is 13.9. The van der Waals surface area contributed by atoms with Gasteiger partial charge >= 0.3 is 0 Å². The Labute approximate surface area is 226 Å². The topological polar surface area (TPSA) is 86.8 Å². The van der Waals surface area contributed by atoms with E-state index in [9.17, 15) is 18.0 Å².